The zero-order valence-electron chi connectivity index (χ0n) is 13.8. The Morgan fingerprint density at radius 2 is 1.88 bits per heavy atom. The predicted molar refractivity (Wildman–Crippen MR) is 91.5 cm³/mol. The second-order valence-corrected chi connectivity index (χ2v) is 6.04. The van der Waals surface area contributed by atoms with Gasteiger partial charge in [0.05, 0.1) is 16.8 Å². The van der Waals surface area contributed by atoms with Crippen molar-refractivity contribution in [3.05, 3.63) is 59.2 Å². The van der Waals surface area contributed by atoms with E-state index in [2.05, 4.69) is 5.32 Å². The normalized spacial score (nSPS) is 14.4. The van der Waals surface area contributed by atoms with E-state index in [-0.39, 0.29) is 11.5 Å². The number of amides is 1. The van der Waals surface area contributed by atoms with Crippen LogP contribution in [0.5, 0.6) is 0 Å². The molecule has 2 aromatic carbocycles. The van der Waals surface area contributed by atoms with Crippen LogP contribution < -0.4 is 10.2 Å². The smallest absolute Gasteiger partial charge is 0.380 e. The average Bonchev–Trinajstić information content (AvgIpc) is 3.05. The van der Waals surface area contributed by atoms with Gasteiger partial charge < -0.3 is 10.2 Å². The molecule has 0 aliphatic carbocycles. The van der Waals surface area contributed by atoms with E-state index < -0.39 is 11.7 Å². The number of nitrogens with one attached hydrogen (secondary N) is 1. The van der Waals surface area contributed by atoms with Gasteiger partial charge in [0, 0.05) is 25.2 Å². The van der Waals surface area contributed by atoms with Crippen LogP contribution in [0.3, 0.4) is 0 Å². The van der Waals surface area contributed by atoms with E-state index in [0.717, 1.165) is 29.8 Å². The third kappa shape index (κ3) is 3.80. The minimum absolute atomic E-state index is 0.0564. The van der Waals surface area contributed by atoms with E-state index in [9.17, 15) is 18.0 Å². The summed E-state index contributed by atoms with van der Waals surface area (Å²) in [5.74, 6) is 0.110. The molecule has 7 heteroatoms. The lowest BCUT2D eigenvalue weighted by molar-refractivity contribution is -0.137. The van der Waals surface area contributed by atoms with E-state index in [4.69, 9.17) is 5.26 Å². The van der Waals surface area contributed by atoms with E-state index in [1.165, 1.54) is 6.07 Å². The highest BCUT2D eigenvalue weighted by Crippen LogP contribution is 2.31. The molecular formula is C19H16F3N3O. The second-order valence-electron chi connectivity index (χ2n) is 6.04. The lowest BCUT2D eigenvalue weighted by atomic mass is 10.1. The lowest BCUT2D eigenvalue weighted by Gasteiger charge is -2.16. The Kier molecular flexibility index (Phi) is 4.85. The minimum atomic E-state index is -4.48. The Hall–Kier alpha value is -3.01. The average molecular weight is 359 g/mol. The van der Waals surface area contributed by atoms with Crippen molar-refractivity contribution < 1.29 is 18.0 Å². The Labute approximate surface area is 148 Å². The zero-order chi connectivity index (χ0) is 18.7. The van der Waals surface area contributed by atoms with Gasteiger partial charge in [-0.1, -0.05) is 12.1 Å². The van der Waals surface area contributed by atoms with Gasteiger partial charge in [0.2, 0.25) is 5.91 Å². The van der Waals surface area contributed by atoms with Crippen molar-refractivity contribution in [3.63, 3.8) is 0 Å². The summed E-state index contributed by atoms with van der Waals surface area (Å²) in [6, 6.07) is 12.2. The summed E-state index contributed by atoms with van der Waals surface area (Å²) in [5, 5.41) is 12.1. The van der Waals surface area contributed by atoms with Crippen molar-refractivity contribution in [1.82, 2.24) is 0 Å². The first-order valence-electron chi connectivity index (χ1n) is 8.13. The minimum Gasteiger partial charge on any atom is -0.380 e. The monoisotopic (exact) mass is 359 g/mol. The highest BCUT2D eigenvalue weighted by atomic mass is 19.4. The predicted octanol–water partition coefficient (Wildman–Crippen LogP) is 4.32. The fraction of sp³-hybridized carbons (Fsp3) is 0.263. The van der Waals surface area contributed by atoms with E-state index in [1.54, 1.807) is 11.0 Å². The van der Waals surface area contributed by atoms with Crippen molar-refractivity contribution in [2.24, 2.45) is 0 Å². The number of alkyl halides is 3. The van der Waals surface area contributed by atoms with Crippen molar-refractivity contribution in [2.75, 3.05) is 16.8 Å². The maximum atomic E-state index is 12.7. The molecule has 1 N–H and O–H groups in total. The number of anilines is 2. The molecule has 1 amide bonds. The first kappa shape index (κ1) is 17.8. The maximum absolute atomic E-state index is 12.7. The molecule has 2 aromatic rings. The molecule has 0 saturated carbocycles. The lowest BCUT2D eigenvalue weighted by Crippen LogP contribution is -2.23. The molecule has 0 bridgehead atoms. The fourth-order valence-electron chi connectivity index (χ4n) is 2.88. The number of halogens is 3. The van der Waals surface area contributed by atoms with Crippen LogP contribution in [0.4, 0.5) is 24.5 Å². The third-order valence-corrected chi connectivity index (χ3v) is 4.27. The van der Waals surface area contributed by atoms with Gasteiger partial charge in [0.25, 0.3) is 0 Å². The Bertz CT molecular complexity index is 854. The quantitative estimate of drug-likeness (QED) is 0.885. The number of hydrogen-bond donors (Lipinski definition) is 1. The van der Waals surface area contributed by atoms with Gasteiger partial charge in [-0.15, -0.1) is 0 Å². The van der Waals surface area contributed by atoms with Crippen LogP contribution in [0.2, 0.25) is 0 Å². The van der Waals surface area contributed by atoms with Crippen molar-refractivity contribution in [2.45, 2.75) is 25.6 Å². The molecule has 0 unspecified atom stereocenters. The number of carbonyl (C=O) groups is 1. The van der Waals surface area contributed by atoms with Crippen LogP contribution in [0, 0.1) is 11.3 Å². The summed E-state index contributed by atoms with van der Waals surface area (Å²) >= 11 is 0. The van der Waals surface area contributed by atoms with Crippen LogP contribution in [0.25, 0.3) is 0 Å². The first-order valence-corrected chi connectivity index (χ1v) is 8.13. The van der Waals surface area contributed by atoms with E-state index in [0.29, 0.717) is 25.2 Å². The Morgan fingerprint density at radius 1 is 1.15 bits per heavy atom. The molecule has 0 spiro atoms. The maximum Gasteiger partial charge on any atom is 0.416 e. The highest BCUT2D eigenvalue weighted by Gasteiger charge is 2.31. The van der Waals surface area contributed by atoms with E-state index in [1.807, 2.05) is 24.3 Å². The van der Waals surface area contributed by atoms with Crippen LogP contribution in [-0.2, 0) is 17.5 Å². The largest absolute Gasteiger partial charge is 0.416 e. The fourth-order valence-corrected chi connectivity index (χ4v) is 2.88. The van der Waals surface area contributed by atoms with Gasteiger partial charge in [-0.2, -0.15) is 18.4 Å². The standard InChI is InChI=1S/C19H16F3N3O/c20-19(21,22)15-5-8-17(14(10-15)11-23)24-12-13-3-6-16(7-4-13)25-9-1-2-18(25)26/h3-8,10,24H,1-2,9,12H2. The summed E-state index contributed by atoms with van der Waals surface area (Å²) in [5.41, 5.74) is 1.17. The molecule has 1 saturated heterocycles. The Morgan fingerprint density at radius 3 is 2.46 bits per heavy atom. The number of rotatable bonds is 4. The number of benzene rings is 2. The van der Waals surface area contributed by atoms with E-state index >= 15 is 0 Å². The number of nitriles is 1. The second kappa shape index (κ2) is 7.08. The van der Waals surface area contributed by atoms with Crippen LogP contribution in [-0.4, -0.2) is 12.5 Å². The van der Waals surface area contributed by atoms with Crippen molar-refractivity contribution in [1.29, 1.82) is 5.26 Å². The van der Waals surface area contributed by atoms with Gasteiger partial charge in [0.15, 0.2) is 0 Å². The van der Waals surface area contributed by atoms with Gasteiger partial charge in [-0.3, -0.25) is 4.79 Å². The summed E-state index contributed by atoms with van der Waals surface area (Å²) in [4.78, 5) is 13.5. The molecule has 0 aromatic heterocycles. The molecule has 134 valence electrons. The Balaban J connectivity index is 1.69. The first-order chi connectivity index (χ1) is 12.4. The summed E-state index contributed by atoms with van der Waals surface area (Å²) in [7, 11) is 0. The van der Waals surface area contributed by atoms with Crippen LogP contribution in [0.1, 0.15) is 29.5 Å². The van der Waals surface area contributed by atoms with Crippen molar-refractivity contribution in [3.8, 4) is 6.07 Å². The van der Waals surface area contributed by atoms with Gasteiger partial charge in [0.1, 0.15) is 6.07 Å². The molecule has 4 nitrogen and oxygen atoms in total. The number of nitrogens with zero attached hydrogens (tertiary/aromatic N) is 2. The van der Waals surface area contributed by atoms with Gasteiger partial charge >= 0.3 is 6.18 Å². The van der Waals surface area contributed by atoms with Gasteiger partial charge in [-0.25, -0.2) is 0 Å². The SMILES string of the molecule is N#Cc1cc(C(F)(F)F)ccc1NCc1ccc(N2CCCC2=O)cc1. The van der Waals surface area contributed by atoms with Crippen LogP contribution in [0.15, 0.2) is 42.5 Å². The van der Waals surface area contributed by atoms with Crippen molar-refractivity contribution >= 4 is 17.3 Å². The highest BCUT2D eigenvalue weighted by molar-refractivity contribution is 5.95. The molecule has 1 fully saturated rings. The zero-order valence-corrected chi connectivity index (χ0v) is 13.8. The molecule has 1 aliphatic heterocycles. The summed E-state index contributed by atoms with van der Waals surface area (Å²) in [6.45, 7) is 1.07. The number of hydrogen-bond acceptors (Lipinski definition) is 3. The molecular weight excluding hydrogens is 343 g/mol. The van der Waals surface area contributed by atoms with Gasteiger partial charge in [-0.05, 0) is 42.3 Å². The summed E-state index contributed by atoms with van der Waals surface area (Å²) < 4.78 is 38.2. The molecule has 1 heterocycles. The number of carbonyl (C=O) groups excluding carboxylic acids is 1. The molecule has 26 heavy (non-hydrogen) atoms. The third-order valence-electron chi connectivity index (χ3n) is 4.27. The summed E-state index contributed by atoms with van der Waals surface area (Å²) in [6.07, 6.45) is -3.06. The topological polar surface area (TPSA) is 56.1 Å². The molecule has 0 atom stereocenters. The molecule has 0 radical (unpaired) electrons. The molecule has 3 rings (SSSR count). The van der Waals surface area contributed by atoms with Crippen LogP contribution >= 0.6 is 0 Å². The molecule has 1 aliphatic rings.